The largest absolute Gasteiger partial charge is 0.322 e. The van der Waals surface area contributed by atoms with Gasteiger partial charge < -0.3 is 9.80 Å². The van der Waals surface area contributed by atoms with Crippen LogP contribution in [-0.4, -0.2) is 39.5 Å². The van der Waals surface area contributed by atoms with Crippen LogP contribution in [0.15, 0.2) is 60.7 Å². The van der Waals surface area contributed by atoms with Crippen LogP contribution in [0.2, 0.25) is 0 Å². The molecule has 0 spiro atoms. The van der Waals surface area contributed by atoms with E-state index in [2.05, 4.69) is 29.2 Å². The Labute approximate surface area is 176 Å². The highest BCUT2D eigenvalue weighted by Crippen LogP contribution is 2.49. The smallest absolute Gasteiger partial charge is 0.314 e. The fourth-order valence-electron chi connectivity index (χ4n) is 5.20. The van der Waals surface area contributed by atoms with E-state index in [0.29, 0.717) is 18.7 Å². The number of amides is 2. The number of Topliss-reactive ketones (excluding diaryl/α,β-unsaturated/α-hetero) is 1. The molecule has 2 heterocycles. The molecule has 2 amide bonds. The van der Waals surface area contributed by atoms with Gasteiger partial charge in [-0.2, -0.15) is 0 Å². The van der Waals surface area contributed by atoms with Crippen LogP contribution in [0.3, 0.4) is 0 Å². The van der Waals surface area contributed by atoms with E-state index < -0.39 is 0 Å². The van der Waals surface area contributed by atoms with Crippen molar-refractivity contribution >= 4 is 23.6 Å². The maximum atomic E-state index is 13.7. The number of thioether (sulfide) groups is 1. The van der Waals surface area contributed by atoms with Crippen LogP contribution in [0.4, 0.5) is 4.79 Å². The van der Waals surface area contributed by atoms with Crippen molar-refractivity contribution in [2.75, 3.05) is 5.75 Å². The van der Waals surface area contributed by atoms with E-state index in [1.165, 1.54) is 5.56 Å². The van der Waals surface area contributed by atoms with Crippen LogP contribution in [0.5, 0.6) is 0 Å². The molecule has 5 rings (SSSR count). The molecule has 2 aromatic carbocycles. The number of nitrogens with zero attached hydrogens (tertiary/aromatic N) is 2. The van der Waals surface area contributed by atoms with E-state index in [1.807, 2.05) is 53.1 Å². The van der Waals surface area contributed by atoms with Gasteiger partial charge in [-0.05, 0) is 24.0 Å². The molecule has 5 heteroatoms. The molecule has 1 saturated carbocycles. The average molecular weight is 407 g/mol. The number of fused-ring (bicyclic) bond motifs is 1. The van der Waals surface area contributed by atoms with Gasteiger partial charge in [0.15, 0.2) is 0 Å². The summed E-state index contributed by atoms with van der Waals surface area (Å²) in [6, 6.07) is 20.6. The van der Waals surface area contributed by atoms with Gasteiger partial charge in [0, 0.05) is 24.6 Å². The van der Waals surface area contributed by atoms with E-state index in [-0.39, 0.29) is 29.4 Å². The van der Waals surface area contributed by atoms with Crippen molar-refractivity contribution in [3.63, 3.8) is 0 Å². The summed E-state index contributed by atoms with van der Waals surface area (Å²) < 4.78 is 0. The fraction of sp³-hybridized carbons (Fsp3) is 0.417. The van der Waals surface area contributed by atoms with Crippen molar-refractivity contribution < 1.29 is 9.59 Å². The molecule has 2 aliphatic heterocycles. The second kappa shape index (κ2) is 7.86. The predicted octanol–water partition coefficient (Wildman–Crippen LogP) is 4.87. The molecule has 0 N–H and O–H groups in total. The molecule has 3 aliphatic rings. The average Bonchev–Trinajstić information content (AvgIpc) is 3.30. The Kier molecular flexibility index (Phi) is 5.08. The number of urea groups is 1. The van der Waals surface area contributed by atoms with Crippen molar-refractivity contribution in [2.45, 2.75) is 49.7 Å². The van der Waals surface area contributed by atoms with Gasteiger partial charge in [-0.3, -0.25) is 4.79 Å². The van der Waals surface area contributed by atoms with Crippen molar-refractivity contribution in [1.82, 2.24) is 9.80 Å². The SMILES string of the molecule is O=C1CCCCC1C1[C@@H]2CS[C@@H](c3ccccc3)N2C(=O)N1Cc1ccccc1. The Morgan fingerprint density at radius 1 is 0.931 bits per heavy atom. The molecular weight excluding hydrogens is 380 g/mol. The third-order valence-corrected chi connectivity index (χ3v) is 7.90. The minimum absolute atomic E-state index is 0.0169. The second-order valence-corrected chi connectivity index (χ2v) is 9.39. The van der Waals surface area contributed by atoms with Gasteiger partial charge in [-0.15, -0.1) is 11.8 Å². The van der Waals surface area contributed by atoms with Crippen molar-refractivity contribution in [1.29, 1.82) is 0 Å². The lowest BCUT2D eigenvalue weighted by Crippen LogP contribution is -2.46. The first-order valence-corrected chi connectivity index (χ1v) is 11.6. The number of hydrogen-bond donors (Lipinski definition) is 0. The lowest BCUT2D eigenvalue weighted by Gasteiger charge is -2.34. The summed E-state index contributed by atoms with van der Waals surface area (Å²) in [5, 5.41) is 0.0377. The van der Waals surface area contributed by atoms with Crippen molar-refractivity contribution in [2.24, 2.45) is 5.92 Å². The molecule has 2 aromatic rings. The lowest BCUT2D eigenvalue weighted by molar-refractivity contribution is -0.126. The first-order chi connectivity index (χ1) is 14.2. The summed E-state index contributed by atoms with van der Waals surface area (Å²) in [7, 11) is 0. The summed E-state index contributed by atoms with van der Waals surface area (Å²) in [4.78, 5) is 30.6. The Hall–Kier alpha value is -2.27. The fourth-order valence-corrected chi connectivity index (χ4v) is 6.69. The maximum Gasteiger partial charge on any atom is 0.322 e. The number of carbonyl (C=O) groups is 2. The Morgan fingerprint density at radius 2 is 1.66 bits per heavy atom. The van der Waals surface area contributed by atoms with Crippen LogP contribution in [0.25, 0.3) is 0 Å². The van der Waals surface area contributed by atoms with Gasteiger partial charge in [0.2, 0.25) is 0 Å². The van der Waals surface area contributed by atoms with E-state index in [0.717, 1.165) is 30.6 Å². The van der Waals surface area contributed by atoms with E-state index in [4.69, 9.17) is 0 Å². The summed E-state index contributed by atoms with van der Waals surface area (Å²) in [6.45, 7) is 0.577. The number of benzene rings is 2. The minimum atomic E-state index is -0.0264. The van der Waals surface area contributed by atoms with E-state index in [1.54, 1.807) is 0 Å². The monoisotopic (exact) mass is 406 g/mol. The lowest BCUT2D eigenvalue weighted by atomic mass is 9.80. The molecule has 4 nitrogen and oxygen atoms in total. The summed E-state index contributed by atoms with van der Waals surface area (Å²) >= 11 is 1.84. The van der Waals surface area contributed by atoms with E-state index >= 15 is 0 Å². The Balaban J connectivity index is 1.50. The van der Waals surface area contributed by atoms with Crippen molar-refractivity contribution in [3.05, 3.63) is 71.8 Å². The van der Waals surface area contributed by atoms with Crippen molar-refractivity contribution in [3.8, 4) is 0 Å². The molecule has 150 valence electrons. The summed E-state index contributed by atoms with van der Waals surface area (Å²) in [6.07, 6.45) is 3.65. The zero-order valence-electron chi connectivity index (χ0n) is 16.4. The van der Waals surface area contributed by atoms with Gasteiger partial charge in [0.25, 0.3) is 0 Å². The zero-order valence-corrected chi connectivity index (χ0v) is 17.3. The first kappa shape index (κ1) is 18.7. The molecule has 4 atom stereocenters. The van der Waals surface area contributed by atoms with E-state index in [9.17, 15) is 9.59 Å². The molecule has 2 unspecified atom stereocenters. The number of ketones is 1. The van der Waals surface area contributed by atoms with Crippen LogP contribution < -0.4 is 0 Å². The molecule has 1 aliphatic carbocycles. The topological polar surface area (TPSA) is 40.6 Å². The van der Waals surface area contributed by atoms with Crippen LogP contribution >= 0.6 is 11.8 Å². The number of hydrogen-bond acceptors (Lipinski definition) is 3. The summed E-state index contributed by atoms with van der Waals surface area (Å²) in [5.41, 5.74) is 2.29. The van der Waals surface area contributed by atoms with Gasteiger partial charge in [0.05, 0.1) is 12.1 Å². The molecule has 3 fully saturated rings. The zero-order chi connectivity index (χ0) is 19.8. The van der Waals surface area contributed by atoms with Crippen LogP contribution in [0, 0.1) is 5.92 Å². The van der Waals surface area contributed by atoms with Gasteiger partial charge >= 0.3 is 6.03 Å². The first-order valence-electron chi connectivity index (χ1n) is 10.6. The molecule has 0 bridgehead atoms. The molecule has 0 aromatic heterocycles. The van der Waals surface area contributed by atoms with Crippen LogP contribution in [0.1, 0.15) is 42.2 Å². The number of rotatable bonds is 4. The molecular formula is C24H26N2O2S. The van der Waals surface area contributed by atoms with Gasteiger partial charge in [-0.1, -0.05) is 67.1 Å². The Bertz CT molecular complexity index is 888. The van der Waals surface area contributed by atoms with Crippen LogP contribution in [-0.2, 0) is 11.3 Å². The predicted molar refractivity (Wildman–Crippen MR) is 115 cm³/mol. The highest BCUT2D eigenvalue weighted by molar-refractivity contribution is 7.99. The molecule has 29 heavy (non-hydrogen) atoms. The van der Waals surface area contributed by atoms with Gasteiger partial charge in [0.1, 0.15) is 11.2 Å². The third kappa shape index (κ3) is 3.35. The summed E-state index contributed by atoms with van der Waals surface area (Å²) in [5.74, 6) is 1.22. The highest BCUT2D eigenvalue weighted by Gasteiger charge is 2.55. The molecule has 2 saturated heterocycles. The second-order valence-electron chi connectivity index (χ2n) is 8.28. The van der Waals surface area contributed by atoms with Gasteiger partial charge in [-0.25, -0.2) is 4.79 Å². The molecule has 0 radical (unpaired) electrons. The standard InChI is InChI=1S/C24H26N2O2S/c27-21-14-8-7-13-19(21)22-20-16-29-23(18-11-5-2-6-12-18)26(20)24(28)25(22)15-17-9-3-1-4-10-17/h1-6,9-12,19-20,22-23H,7-8,13-16H2/t19?,20-,22?,23-/m0/s1. The third-order valence-electron chi connectivity index (χ3n) is 6.55. The maximum absolute atomic E-state index is 13.7. The Morgan fingerprint density at radius 3 is 2.38 bits per heavy atom. The highest BCUT2D eigenvalue weighted by atomic mass is 32.2. The number of carbonyl (C=O) groups excluding carboxylic acids is 2. The normalized spacial score (nSPS) is 29.4. The quantitative estimate of drug-likeness (QED) is 0.728. The minimum Gasteiger partial charge on any atom is -0.314 e.